The lowest BCUT2D eigenvalue weighted by atomic mass is 10.2. The normalized spacial score (nSPS) is 11.8. The number of hydrogen-bond acceptors (Lipinski definition) is 4. The van der Waals surface area contributed by atoms with Crippen LogP contribution in [0.2, 0.25) is 0 Å². The smallest absolute Gasteiger partial charge is 0.296 e. The monoisotopic (exact) mass is 382 g/mol. The number of ether oxygens (including phenoxy) is 1. The van der Waals surface area contributed by atoms with E-state index < -0.39 is 21.8 Å². The van der Waals surface area contributed by atoms with Gasteiger partial charge in [0.2, 0.25) is 0 Å². The molecule has 0 spiro atoms. The molecular formula is C19H20F2O4S. The zero-order chi connectivity index (χ0) is 19.0. The summed E-state index contributed by atoms with van der Waals surface area (Å²) in [5, 5.41) is 0. The first kappa shape index (κ1) is 20.1. The molecule has 0 saturated carbocycles. The van der Waals surface area contributed by atoms with E-state index in [0.717, 1.165) is 23.8 Å². The summed E-state index contributed by atoms with van der Waals surface area (Å²) >= 11 is 0. The second kappa shape index (κ2) is 9.45. The summed E-state index contributed by atoms with van der Waals surface area (Å²) < 4.78 is 60.3. The minimum absolute atomic E-state index is 0.0199. The standard InChI is InChI=1S/C19H20F2O4S/c1-15-6-9-17(10-7-15)26(22,23)25-13-5-3-2-4-12-24-19-14-16(20)8-11-18(19)21/h2-3,6-11,14H,4-5,12-13H2,1H3/b3-2+. The topological polar surface area (TPSA) is 52.6 Å². The number of rotatable bonds is 9. The fourth-order valence-electron chi connectivity index (χ4n) is 2.06. The van der Waals surface area contributed by atoms with Crippen LogP contribution >= 0.6 is 0 Å². The van der Waals surface area contributed by atoms with Gasteiger partial charge in [0.25, 0.3) is 10.1 Å². The Balaban J connectivity index is 1.68. The Morgan fingerprint density at radius 3 is 2.31 bits per heavy atom. The van der Waals surface area contributed by atoms with Crippen molar-refractivity contribution in [3.05, 3.63) is 71.8 Å². The van der Waals surface area contributed by atoms with Gasteiger partial charge in [-0.2, -0.15) is 8.42 Å². The van der Waals surface area contributed by atoms with Gasteiger partial charge in [-0.25, -0.2) is 8.78 Å². The summed E-state index contributed by atoms with van der Waals surface area (Å²) in [6.07, 6.45) is 4.38. The molecular weight excluding hydrogens is 362 g/mol. The van der Waals surface area contributed by atoms with E-state index in [4.69, 9.17) is 8.92 Å². The van der Waals surface area contributed by atoms with Gasteiger partial charge in [0.1, 0.15) is 5.82 Å². The van der Waals surface area contributed by atoms with Crippen LogP contribution in [-0.4, -0.2) is 21.6 Å². The number of halogens is 2. The Kier molecular flexibility index (Phi) is 7.29. The first-order valence-electron chi connectivity index (χ1n) is 8.07. The minimum Gasteiger partial charge on any atom is -0.490 e. The fraction of sp³-hybridized carbons (Fsp3) is 0.263. The van der Waals surface area contributed by atoms with Gasteiger partial charge in [-0.05, 0) is 44.0 Å². The van der Waals surface area contributed by atoms with Crippen LogP contribution < -0.4 is 4.74 Å². The number of benzene rings is 2. The summed E-state index contributed by atoms with van der Waals surface area (Å²) in [7, 11) is -3.76. The van der Waals surface area contributed by atoms with Crippen LogP contribution in [0.5, 0.6) is 5.75 Å². The van der Waals surface area contributed by atoms with Crippen LogP contribution in [0.3, 0.4) is 0 Å². The van der Waals surface area contributed by atoms with Crippen LogP contribution in [0.15, 0.2) is 59.5 Å². The molecule has 0 N–H and O–H groups in total. The van der Waals surface area contributed by atoms with Gasteiger partial charge < -0.3 is 4.74 Å². The number of aryl methyl sites for hydroxylation is 1. The van der Waals surface area contributed by atoms with Crippen LogP contribution in [0.25, 0.3) is 0 Å². The van der Waals surface area contributed by atoms with Crippen molar-refractivity contribution in [2.45, 2.75) is 24.7 Å². The highest BCUT2D eigenvalue weighted by atomic mass is 32.2. The zero-order valence-corrected chi connectivity index (χ0v) is 15.1. The van der Waals surface area contributed by atoms with Gasteiger partial charge in [-0.15, -0.1) is 0 Å². The van der Waals surface area contributed by atoms with Gasteiger partial charge in [-0.1, -0.05) is 29.8 Å². The lowest BCUT2D eigenvalue weighted by Crippen LogP contribution is -2.07. The third kappa shape index (κ3) is 6.24. The van der Waals surface area contributed by atoms with Gasteiger partial charge >= 0.3 is 0 Å². The Hall–Kier alpha value is -2.25. The molecule has 0 fully saturated rings. The Bertz CT molecular complexity index is 846. The fourth-order valence-corrected chi connectivity index (χ4v) is 2.98. The molecule has 0 atom stereocenters. The van der Waals surface area contributed by atoms with E-state index in [-0.39, 0.29) is 23.9 Å². The molecule has 0 saturated heterocycles. The van der Waals surface area contributed by atoms with Crippen molar-refractivity contribution in [3.8, 4) is 5.75 Å². The van der Waals surface area contributed by atoms with Crippen molar-refractivity contribution in [3.63, 3.8) is 0 Å². The minimum atomic E-state index is -3.76. The maximum Gasteiger partial charge on any atom is 0.296 e. The molecule has 0 unspecified atom stereocenters. The van der Waals surface area contributed by atoms with Crippen LogP contribution in [-0.2, 0) is 14.3 Å². The van der Waals surface area contributed by atoms with Gasteiger partial charge in [0, 0.05) is 6.07 Å². The van der Waals surface area contributed by atoms with E-state index in [2.05, 4.69) is 0 Å². The average Bonchev–Trinajstić information content (AvgIpc) is 2.60. The predicted molar refractivity (Wildman–Crippen MR) is 94.5 cm³/mol. The van der Waals surface area contributed by atoms with Gasteiger partial charge in [0.05, 0.1) is 18.1 Å². The molecule has 7 heteroatoms. The molecule has 0 heterocycles. The average molecular weight is 382 g/mol. The SMILES string of the molecule is Cc1ccc(S(=O)(=O)OCC/C=C/CCOc2cc(F)ccc2F)cc1. The molecule has 2 rings (SSSR count). The van der Waals surface area contributed by atoms with E-state index >= 15 is 0 Å². The summed E-state index contributed by atoms with van der Waals surface area (Å²) in [5.41, 5.74) is 0.965. The van der Waals surface area contributed by atoms with E-state index in [1.54, 1.807) is 24.3 Å². The Labute approximate surface area is 152 Å². The van der Waals surface area contributed by atoms with Gasteiger partial charge in [0.15, 0.2) is 11.6 Å². The first-order valence-corrected chi connectivity index (χ1v) is 9.48. The van der Waals surface area contributed by atoms with Crippen LogP contribution in [0.4, 0.5) is 8.78 Å². The highest BCUT2D eigenvalue weighted by molar-refractivity contribution is 7.86. The number of hydrogen-bond donors (Lipinski definition) is 0. The van der Waals surface area contributed by atoms with E-state index in [9.17, 15) is 17.2 Å². The Morgan fingerprint density at radius 1 is 0.962 bits per heavy atom. The summed E-state index contributed by atoms with van der Waals surface area (Å²) in [5.74, 6) is -1.32. The Morgan fingerprint density at radius 2 is 1.62 bits per heavy atom. The zero-order valence-electron chi connectivity index (χ0n) is 14.3. The quantitative estimate of drug-likeness (QED) is 0.367. The highest BCUT2D eigenvalue weighted by Gasteiger charge is 2.13. The molecule has 4 nitrogen and oxygen atoms in total. The van der Waals surface area contributed by atoms with Gasteiger partial charge in [-0.3, -0.25) is 4.18 Å². The first-order chi connectivity index (χ1) is 12.4. The third-order valence-electron chi connectivity index (χ3n) is 3.43. The molecule has 0 amide bonds. The third-order valence-corrected chi connectivity index (χ3v) is 4.76. The van der Waals surface area contributed by atoms with E-state index in [0.29, 0.717) is 12.8 Å². The second-order valence-corrected chi connectivity index (χ2v) is 7.18. The van der Waals surface area contributed by atoms with Crippen LogP contribution in [0, 0.1) is 18.6 Å². The molecule has 0 aliphatic rings. The molecule has 0 aliphatic carbocycles. The molecule has 0 radical (unpaired) electrons. The van der Waals surface area contributed by atoms with E-state index in [1.165, 1.54) is 12.1 Å². The van der Waals surface area contributed by atoms with Crippen molar-refractivity contribution in [2.24, 2.45) is 0 Å². The maximum atomic E-state index is 13.3. The molecule has 26 heavy (non-hydrogen) atoms. The van der Waals surface area contributed by atoms with Crippen molar-refractivity contribution >= 4 is 10.1 Å². The lowest BCUT2D eigenvalue weighted by molar-refractivity contribution is 0.305. The maximum absolute atomic E-state index is 13.3. The lowest BCUT2D eigenvalue weighted by Gasteiger charge is -2.06. The molecule has 0 bridgehead atoms. The van der Waals surface area contributed by atoms with E-state index in [1.807, 2.05) is 6.92 Å². The molecule has 2 aromatic carbocycles. The van der Waals surface area contributed by atoms with Crippen molar-refractivity contribution < 1.29 is 26.1 Å². The largest absolute Gasteiger partial charge is 0.490 e. The molecule has 140 valence electrons. The van der Waals surface area contributed by atoms with Crippen LogP contribution in [0.1, 0.15) is 18.4 Å². The summed E-state index contributed by atoms with van der Waals surface area (Å²) in [6.45, 7) is 2.07. The summed E-state index contributed by atoms with van der Waals surface area (Å²) in [4.78, 5) is 0.123. The van der Waals surface area contributed by atoms with Crippen molar-refractivity contribution in [1.29, 1.82) is 0 Å². The second-order valence-electron chi connectivity index (χ2n) is 5.56. The van der Waals surface area contributed by atoms with Crippen molar-refractivity contribution in [2.75, 3.05) is 13.2 Å². The molecule has 2 aromatic rings. The predicted octanol–water partition coefficient (Wildman–Crippen LogP) is 4.39. The van der Waals surface area contributed by atoms with Crippen molar-refractivity contribution in [1.82, 2.24) is 0 Å². The highest BCUT2D eigenvalue weighted by Crippen LogP contribution is 2.18. The molecule has 0 aromatic heterocycles. The summed E-state index contributed by atoms with van der Waals surface area (Å²) in [6, 6.07) is 9.43. The molecule has 0 aliphatic heterocycles.